The van der Waals surface area contributed by atoms with Crippen molar-refractivity contribution in [2.75, 3.05) is 21.3 Å². The molecule has 4 nitrogen and oxygen atoms in total. The van der Waals surface area contributed by atoms with Gasteiger partial charge in [0.2, 0.25) is 0 Å². The second-order valence-corrected chi connectivity index (χ2v) is 6.99. The summed E-state index contributed by atoms with van der Waals surface area (Å²) in [5.74, 6) is 2.65. The highest BCUT2D eigenvalue weighted by Crippen LogP contribution is 2.67. The molecule has 5 rings (SSSR count). The van der Waals surface area contributed by atoms with Crippen LogP contribution in [-0.2, 0) is 10.2 Å². The first-order valence-corrected chi connectivity index (χ1v) is 8.19. The van der Waals surface area contributed by atoms with Gasteiger partial charge in [-0.1, -0.05) is 12.1 Å². The maximum absolute atomic E-state index is 6.43. The minimum Gasteiger partial charge on any atom is -0.497 e. The number of ether oxygens (including phenoxy) is 3. The fourth-order valence-electron chi connectivity index (χ4n) is 5.23. The highest BCUT2D eigenvalue weighted by molar-refractivity contribution is 5.69. The van der Waals surface area contributed by atoms with Gasteiger partial charge in [-0.15, -0.1) is 0 Å². The largest absolute Gasteiger partial charge is 0.497 e. The van der Waals surface area contributed by atoms with Crippen LogP contribution in [0.15, 0.2) is 35.6 Å². The molecule has 4 heteroatoms. The lowest BCUT2D eigenvalue weighted by molar-refractivity contribution is 0.0638. The van der Waals surface area contributed by atoms with Crippen molar-refractivity contribution >= 4 is 0 Å². The topological polar surface area (TPSA) is 30.9 Å². The lowest BCUT2D eigenvalue weighted by atomic mass is 9.65. The molecular formula is C19H21NO3. The summed E-state index contributed by atoms with van der Waals surface area (Å²) in [6, 6.07) is 5.09. The molecular weight excluding hydrogens is 290 g/mol. The van der Waals surface area contributed by atoms with Gasteiger partial charge in [-0.25, -0.2) is 0 Å². The van der Waals surface area contributed by atoms with Crippen LogP contribution in [0.25, 0.3) is 0 Å². The van der Waals surface area contributed by atoms with E-state index >= 15 is 0 Å². The van der Waals surface area contributed by atoms with Crippen LogP contribution in [0.5, 0.6) is 11.5 Å². The van der Waals surface area contributed by atoms with Crippen LogP contribution >= 0.6 is 0 Å². The Labute approximate surface area is 136 Å². The van der Waals surface area contributed by atoms with Crippen molar-refractivity contribution in [3.05, 3.63) is 46.7 Å². The zero-order chi connectivity index (χ0) is 15.9. The van der Waals surface area contributed by atoms with Gasteiger partial charge in [-0.2, -0.15) is 0 Å². The van der Waals surface area contributed by atoms with Crippen molar-refractivity contribution in [2.45, 2.75) is 36.9 Å². The minimum absolute atomic E-state index is 0.0706. The Balaban J connectivity index is 1.86. The van der Waals surface area contributed by atoms with E-state index in [-0.39, 0.29) is 11.5 Å². The molecule has 0 saturated carbocycles. The van der Waals surface area contributed by atoms with Crippen LogP contribution in [-0.4, -0.2) is 38.3 Å². The van der Waals surface area contributed by atoms with Crippen molar-refractivity contribution in [1.29, 1.82) is 0 Å². The first-order valence-electron chi connectivity index (χ1n) is 8.19. The standard InChI is InChI=1S/C19H21NO3/c1-10-12-6-8-15(22-4)18-19(12)9-13(20(10)2)11-5-7-14(21-3)17(23-18)16(11)19/h5-8,10,13,18H,9H2,1-4H3/t10-,13?,18+,19+/m1/s1. The number of nitrogens with zero attached hydrogens (tertiary/aromatic N) is 1. The zero-order valence-corrected chi connectivity index (χ0v) is 13.9. The van der Waals surface area contributed by atoms with E-state index in [0.717, 1.165) is 23.7 Å². The van der Waals surface area contributed by atoms with Gasteiger partial charge in [-0.05, 0) is 43.7 Å². The average molecular weight is 311 g/mol. The number of benzene rings is 1. The summed E-state index contributed by atoms with van der Waals surface area (Å²) >= 11 is 0. The molecule has 2 bridgehead atoms. The van der Waals surface area contributed by atoms with Crippen LogP contribution in [0.1, 0.15) is 30.5 Å². The second-order valence-electron chi connectivity index (χ2n) is 6.99. The molecule has 1 spiro atoms. The maximum atomic E-state index is 6.43. The highest BCUT2D eigenvalue weighted by atomic mass is 16.6. The van der Waals surface area contributed by atoms with E-state index in [2.05, 4.69) is 37.1 Å². The molecule has 0 aromatic heterocycles. The van der Waals surface area contributed by atoms with Crippen LogP contribution in [0.2, 0.25) is 0 Å². The quantitative estimate of drug-likeness (QED) is 0.840. The van der Waals surface area contributed by atoms with Gasteiger partial charge in [0.25, 0.3) is 0 Å². The molecule has 0 radical (unpaired) electrons. The summed E-state index contributed by atoms with van der Waals surface area (Å²) in [4.78, 5) is 2.49. The van der Waals surface area contributed by atoms with Crippen molar-refractivity contribution in [1.82, 2.24) is 4.90 Å². The number of rotatable bonds is 2. The van der Waals surface area contributed by atoms with Gasteiger partial charge in [0, 0.05) is 17.6 Å². The molecule has 120 valence electrons. The molecule has 1 aromatic rings. The molecule has 2 aliphatic heterocycles. The van der Waals surface area contributed by atoms with E-state index in [1.54, 1.807) is 14.2 Å². The summed E-state index contributed by atoms with van der Waals surface area (Å²) in [6.07, 6.45) is 5.31. The summed E-state index contributed by atoms with van der Waals surface area (Å²) < 4.78 is 17.7. The van der Waals surface area contributed by atoms with Crippen LogP contribution in [0.4, 0.5) is 0 Å². The maximum Gasteiger partial charge on any atom is 0.169 e. The molecule has 1 fully saturated rings. The molecule has 2 aliphatic carbocycles. The Morgan fingerprint density at radius 3 is 2.78 bits per heavy atom. The number of allylic oxidation sites excluding steroid dienone is 2. The predicted octanol–water partition coefficient (Wildman–Crippen LogP) is 2.94. The van der Waals surface area contributed by atoms with E-state index in [9.17, 15) is 0 Å². The van der Waals surface area contributed by atoms with Crippen molar-refractivity contribution < 1.29 is 14.2 Å². The smallest absolute Gasteiger partial charge is 0.169 e. The van der Waals surface area contributed by atoms with Crippen LogP contribution in [0.3, 0.4) is 0 Å². The highest BCUT2D eigenvalue weighted by Gasteiger charge is 2.65. The van der Waals surface area contributed by atoms with E-state index in [1.165, 1.54) is 16.7 Å². The zero-order valence-electron chi connectivity index (χ0n) is 13.9. The van der Waals surface area contributed by atoms with Crippen LogP contribution < -0.4 is 9.47 Å². The third-order valence-corrected chi connectivity index (χ3v) is 6.37. The van der Waals surface area contributed by atoms with Crippen molar-refractivity contribution in [3.8, 4) is 11.5 Å². The monoisotopic (exact) mass is 311 g/mol. The van der Waals surface area contributed by atoms with E-state index in [1.807, 2.05) is 6.07 Å². The summed E-state index contributed by atoms with van der Waals surface area (Å²) in [7, 11) is 5.67. The Morgan fingerprint density at radius 1 is 1.22 bits per heavy atom. The lowest BCUT2D eigenvalue weighted by Gasteiger charge is -2.47. The first-order chi connectivity index (χ1) is 11.1. The molecule has 2 heterocycles. The van der Waals surface area contributed by atoms with Crippen molar-refractivity contribution in [2.24, 2.45) is 0 Å². The molecule has 0 N–H and O–H groups in total. The number of piperidine rings is 1. The number of fused-ring (bicyclic) bond motifs is 2. The Hall–Kier alpha value is -1.94. The van der Waals surface area contributed by atoms with Crippen molar-refractivity contribution in [3.63, 3.8) is 0 Å². The Kier molecular flexibility index (Phi) is 2.42. The molecule has 23 heavy (non-hydrogen) atoms. The summed E-state index contributed by atoms with van der Waals surface area (Å²) in [5, 5.41) is 0. The SMILES string of the molecule is COC1=CC=C2[C@@H](C)N(C)C3C[C@@]24c2c3ccc(OC)c2O[C@@H]14. The number of likely N-dealkylation sites (N-methyl/N-ethyl adjacent to an activating group) is 1. The molecule has 0 amide bonds. The molecule has 1 unspecified atom stereocenters. The van der Waals surface area contributed by atoms with E-state index in [0.29, 0.717) is 12.1 Å². The average Bonchev–Trinajstić information content (AvgIpc) is 3.06. The first kappa shape index (κ1) is 13.5. The van der Waals surface area contributed by atoms with Gasteiger partial charge in [0.15, 0.2) is 17.6 Å². The Bertz CT molecular complexity index is 781. The number of methoxy groups -OCH3 is 2. The van der Waals surface area contributed by atoms with Gasteiger partial charge in [-0.3, -0.25) is 4.90 Å². The van der Waals surface area contributed by atoms with Gasteiger partial charge < -0.3 is 14.2 Å². The second kappa shape index (κ2) is 4.12. The fraction of sp³-hybridized carbons (Fsp3) is 0.474. The fourth-order valence-corrected chi connectivity index (χ4v) is 5.23. The molecule has 4 aliphatic rings. The Morgan fingerprint density at radius 2 is 2.04 bits per heavy atom. The third kappa shape index (κ3) is 1.30. The predicted molar refractivity (Wildman–Crippen MR) is 86.8 cm³/mol. The molecule has 1 aromatic carbocycles. The normalized spacial score (nSPS) is 36.1. The van der Waals surface area contributed by atoms with Gasteiger partial charge in [0.05, 0.1) is 19.6 Å². The molecule has 1 saturated heterocycles. The number of hydrogen-bond donors (Lipinski definition) is 0. The summed E-state index contributed by atoms with van der Waals surface area (Å²) in [5.41, 5.74) is 4.07. The molecule has 4 atom stereocenters. The third-order valence-electron chi connectivity index (χ3n) is 6.37. The minimum atomic E-state index is -0.0874. The van der Waals surface area contributed by atoms with Crippen LogP contribution in [0, 0.1) is 0 Å². The summed E-state index contributed by atoms with van der Waals surface area (Å²) in [6.45, 7) is 2.30. The van der Waals surface area contributed by atoms with E-state index in [4.69, 9.17) is 14.2 Å². The van der Waals surface area contributed by atoms with Gasteiger partial charge in [0.1, 0.15) is 5.76 Å². The van der Waals surface area contributed by atoms with E-state index < -0.39 is 0 Å². The number of likely N-dealkylation sites (tertiary alicyclic amines) is 1. The number of hydrogen-bond acceptors (Lipinski definition) is 4. The lowest BCUT2D eigenvalue weighted by Crippen LogP contribution is -2.52. The van der Waals surface area contributed by atoms with Gasteiger partial charge >= 0.3 is 0 Å².